The predicted octanol–water partition coefficient (Wildman–Crippen LogP) is 5.82. The van der Waals surface area contributed by atoms with Crippen LogP contribution >= 0.6 is 11.9 Å². The van der Waals surface area contributed by atoms with Crippen molar-refractivity contribution >= 4 is 29.6 Å². The quantitative estimate of drug-likeness (QED) is 0.401. The zero-order valence-electron chi connectivity index (χ0n) is 22.9. The number of amides is 2. The first-order valence-electron chi connectivity index (χ1n) is 12.9. The number of aromatic hydroxyl groups is 1. The van der Waals surface area contributed by atoms with E-state index in [-0.39, 0.29) is 11.7 Å². The molecule has 0 spiro atoms. The van der Waals surface area contributed by atoms with E-state index in [4.69, 9.17) is 4.74 Å². The summed E-state index contributed by atoms with van der Waals surface area (Å²) in [5.41, 5.74) is 3.72. The first-order valence-corrected chi connectivity index (χ1v) is 14.1. The van der Waals surface area contributed by atoms with Crippen LogP contribution < -0.4 is 5.32 Å². The molecule has 0 saturated carbocycles. The molecule has 8 nitrogen and oxygen atoms in total. The van der Waals surface area contributed by atoms with Gasteiger partial charge in [0, 0.05) is 29.6 Å². The molecule has 1 aromatic heterocycles. The molecule has 2 aromatic carbocycles. The van der Waals surface area contributed by atoms with E-state index in [0.717, 1.165) is 24.0 Å². The second-order valence-electron chi connectivity index (χ2n) is 10.5. The summed E-state index contributed by atoms with van der Waals surface area (Å²) in [6.45, 7) is 7.91. The smallest absolute Gasteiger partial charge is 0.410 e. The molecule has 0 unspecified atom stereocenters. The van der Waals surface area contributed by atoms with Crippen molar-refractivity contribution < 1.29 is 19.4 Å². The van der Waals surface area contributed by atoms with E-state index >= 15 is 0 Å². The lowest BCUT2D eigenvalue weighted by Gasteiger charge is -2.35. The third-order valence-electron chi connectivity index (χ3n) is 6.21. The van der Waals surface area contributed by atoms with Gasteiger partial charge in [0.1, 0.15) is 23.1 Å². The zero-order valence-corrected chi connectivity index (χ0v) is 23.8. The fraction of sp³-hybridized carbons (Fsp3) is 0.367. The van der Waals surface area contributed by atoms with Gasteiger partial charge in [0.25, 0.3) is 0 Å². The van der Waals surface area contributed by atoms with Crippen LogP contribution in [0.3, 0.4) is 0 Å². The lowest BCUT2D eigenvalue weighted by molar-refractivity contribution is -0.122. The standard InChI is InChI=1S/C30H34N4O4S/c1-20-9-16-26(35)24(18-20)27-22(19-34(32-27)39-5)13-10-21-11-14-23(15-12-21)31-28(36)25-8-6-7-17-33(25)29(37)38-30(2,3)4/h9,11-12,14-16,18-19,25,35H,6-8,17H2,1-5H3,(H,31,36)/t25-/m0/s1. The van der Waals surface area contributed by atoms with Gasteiger partial charge in [-0.2, -0.15) is 5.10 Å². The molecule has 1 atom stereocenters. The number of carbonyl (C=O) groups is 2. The third-order valence-corrected chi connectivity index (χ3v) is 6.78. The zero-order chi connectivity index (χ0) is 28.2. The Kier molecular flexibility index (Phi) is 8.56. The summed E-state index contributed by atoms with van der Waals surface area (Å²) in [4.78, 5) is 27.3. The number of rotatable bonds is 4. The van der Waals surface area contributed by atoms with Gasteiger partial charge in [-0.1, -0.05) is 23.5 Å². The van der Waals surface area contributed by atoms with Gasteiger partial charge in [0.15, 0.2) is 0 Å². The highest BCUT2D eigenvalue weighted by Crippen LogP contribution is 2.32. The molecule has 2 heterocycles. The van der Waals surface area contributed by atoms with E-state index in [0.29, 0.717) is 35.5 Å². The number of aryl methyl sites for hydroxylation is 1. The van der Waals surface area contributed by atoms with Gasteiger partial charge in [0.05, 0.1) is 11.8 Å². The molecular weight excluding hydrogens is 512 g/mol. The topological polar surface area (TPSA) is 96.7 Å². The fourth-order valence-corrected chi connectivity index (χ4v) is 4.70. The summed E-state index contributed by atoms with van der Waals surface area (Å²) in [6.07, 6.45) is 5.60. The van der Waals surface area contributed by atoms with E-state index in [9.17, 15) is 14.7 Å². The number of ether oxygens (including phenoxy) is 1. The first kappa shape index (κ1) is 28.1. The summed E-state index contributed by atoms with van der Waals surface area (Å²) in [5.74, 6) is 6.25. The number of phenolic OH excluding ortho intramolecular Hbond substituents is 1. The largest absolute Gasteiger partial charge is 0.507 e. The Labute approximate surface area is 233 Å². The molecule has 0 bridgehead atoms. The molecule has 1 aliphatic heterocycles. The van der Waals surface area contributed by atoms with Crippen molar-refractivity contribution in [3.8, 4) is 28.8 Å². The molecule has 4 rings (SSSR count). The average molecular weight is 547 g/mol. The van der Waals surface area contributed by atoms with Crippen LogP contribution in [0.25, 0.3) is 11.3 Å². The molecule has 1 fully saturated rings. The van der Waals surface area contributed by atoms with Gasteiger partial charge in [-0.3, -0.25) is 9.69 Å². The minimum absolute atomic E-state index is 0.151. The Hall–Kier alpha value is -3.90. The fourth-order valence-electron chi connectivity index (χ4n) is 4.32. The summed E-state index contributed by atoms with van der Waals surface area (Å²) >= 11 is 1.44. The second kappa shape index (κ2) is 11.9. The van der Waals surface area contributed by atoms with Gasteiger partial charge >= 0.3 is 6.09 Å². The van der Waals surface area contributed by atoms with Crippen molar-refractivity contribution in [3.05, 3.63) is 65.4 Å². The number of aromatic nitrogens is 2. The maximum atomic E-state index is 13.1. The monoisotopic (exact) mass is 546 g/mol. The molecule has 204 valence electrons. The molecule has 0 aliphatic carbocycles. The molecule has 39 heavy (non-hydrogen) atoms. The van der Waals surface area contributed by atoms with Crippen molar-refractivity contribution in [2.24, 2.45) is 0 Å². The molecule has 1 aliphatic rings. The van der Waals surface area contributed by atoms with E-state index in [1.807, 2.05) is 64.4 Å². The number of nitrogens with zero attached hydrogens (tertiary/aromatic N) is 3. The number of nitrogens with one attached hydrogen (secondary N) is 1. The SMILES string of the molecule is CSn1cc(C#Cc2ccc(NC(=O)[C@@H]3CCCCN3C(=O)OC(C)(C)C)cc2)c(-c2cc(C)ccc2O)n1. The van der Waals surface area contributed by atoms with Gasteiger partial charge in [-0.15, -0.1) is 0 Å². The summed E-state index contributed by atoms with van der Waals surface area (Å²) in [6, 6.07) is 12.1. The highest BCUT2D eigenvalue weighted by molar-refractivity contribution is 7.97. The van der Waals surface area contributed by atoms with Crippen LogP contribution in [0.2, 0.25) is 0 Å². The molecule has 2 N–H and O–H groups in total. The summed E-state index contributed by atoms with van der Waals surface area (Å²) < 4.78 is 7.23. The van der Waals surface area contributed by atoms with Crippen molar-refractivity contribution in [3.63, 3.8) is 0 Å². The van der Waals surface area contributed by atoms with E-state index in [2.05, 4.69) is 22.3 Å². The van der Waals surface area contributed by atoms with Crippen LogP contribution in [0.15, 0.2) is 48.7 Å². The number of hydrogen-bond acceptors (Lipinski definition) is 6. The predicted molar refractivity (Wildman–Crippen MR) is 155 cm³/mol. The van der Waals surface area contributed by atoms with E-state index in [1.165, 1.54) is 16.8 Å². The maximum absolute atomic E-state index is 13.1. The number of piperidine rings is 1. The van der Waals surface area contributed by atoms with E-state index < -0.39 is 17.7 Å². The summed E-state index contributed by atoms with van der Waals surface area (Å²) in [5, 5.41) is 17.9. The molecule has 3 aromatic rings. The third kappa shape index (κ3) is 7.15. The Balaban J connectivity index is 1.48. The normalized spacial score (nSPS) is 15.3. The summed E-state index contributed by atoms with van der Waals surface area (Å²) in [7, 11) is 0. The number of anilines is 1. The number of likely N-dealkylation sites (tertiary alicyclic amines) is 1. The van der Waals surface area contributed by atoms with E-state index in [1.54, 1.807) is 22.3 Å². The highest BCUT2D eigenvalue weighted by atomic mass is 32.2. The Morgan fingerprint density at radius 1 is 1.13 bits per heavy atom. The van der Waals surface area contributed by atoms with Gasteiger partial charge in [-0.25, -0.2) is 8.88 Å². The number of hydrogen-bond donors (Lipinski definition) is 2. The molecule has 1 saturated heterocycles. The highest BCUT2D eigenvalue weighted by Gasteiger charge is 2.34. The first-order chi connectivity index (χ1) is 18.5. The Morgan fingerprint density at radius 2 is 1.87 bits per heavy atom. The molecule has 0 radical (unpaired) electrons. The molecule has 2 amide bonds. The minimum Gasteiger partial charge on any atom is -0.507 e. The number of phenols is 1. The lowest BCUT2D eigenvalue weighted by atomic mass is 10.0. The van der Waals surface area contributed by atoms with Gasteiger partial charge < -0.3 is 15.2 Å². The van der Waals surface area contributed by atoms with Crippen molar-refractivity contribution in [1.82, 2.24) is 14.1 Å². The molecule has 9 heteroatoms. The molecular formula is C30H34N4O4S. The minimum atomic E-state index is -0.623. The van der Waals surface area contributed by atoms with Gasteiger partial charge in [-0.05, 0) is 95.3 Å². The number of carbonyl (C=O) groups excluding carboxylic acids is 2. The van der Waals surface area contributed by atoms with Crippen molar-refractivity contribution in [2.45, 2.75) is 58.6 Å². The van der Waals surface area contributed by atoms with Crippen molar-refractivity contribution in [2.75, 3.05) is 18.1 Å². The van der Waals surface area contributed by atoms with Crippen LogP contribution in [0.5, 0.6) is 5.75 Å². The van der Waals surface area contributed by atoms with Crippen LogP contribution in [0.1, 0.15) is 56.7 Å². The van der Waals surface area contributed by atoms with Crippen molar-refractivity contribution in [1.29, 1.82) is 0 Å². The van der Waals surface area contributed by atoms with Crippen LogP contribution in [0.4, 0.5) is 10.5 Å². The Morgan fingerprint density at radius 3 is 2.56 bits per heavy atom. The van der Waals surface area contributed by atoms with Gasteiger partial charge in [0.2, 0.25) is 5.91 Å². The Bertz CT molecular complexity index is 1410. The average Bonchev–Trinajstić information content (AvgIpc) is 3.32. The van der Waals surface area contributed by atoms with Crippen LogP contribution in [0, 0.1) is 18.8 Å². The lowest BCUT2D eigenvalue weighted by Crippen LogP contribution is -2.51. The second-order valence-corrected chi connectivity index (χ2v) is 11.2. The van der Waals surface area contributed by atoms with Crippen LogP contribution in [-0.2, 0) is 9.53 Å². The maximum Gasteiger partial charge on any atom is 0.410 e. The van der Waals surface area contributed by atoms with Crippen LogP contribution in [-0.4, -0.2) is 55.6 Å². The number of benzene rings is 2.